The third-order valence-corrected chi connectivity index (χ3v) is 4.29. The second-order valence-electron chi connectivity index (χ2n) is 5.90. The van der Waals surface area contributed by atoms with Gasteiger partial charge in [-0.2, -0.15) is 10.2 Å². The second kappa shape index (κ2) is 6.42. The number of hydrogen-bond acceptors (Lipinski definition) is 6. The minimum atomic E-state index is -0.367. The molecule has 0 radical (unpaired) electrons. The van der Waals surface area contributed by atoms with Gasteiger partial charge in [0.05, 0.1) is 17.5 Å². The minimum absolute atomic E-state index is 0.227. The van der Waals surface area contributed by atoms with Crippen LogP contribution in [0.5, 0.6) is 5.88 Å². The molecule has 0 amide bonds. The molecule has 0 fully saturated rings. The third kappa shape index (κ3) is 2.64. The van der Waals surface area contributed by atoms with Gasteiger partial charge in [0.25, 0.3) is 5.56 Å². The van der Waals surface area contributed by atoms with Gasteiger partial charge < -0.3 is 10.6 Å². The Kier molecular flexibility index (Phi) is 3.94. The fourth-order valence-electron chi connectivity index (χ4n) is 3.09. The monoisotopic (exact) mass is 357 g/mol. The normalized spacial score (nSPS) is 10.8. The number of aromatic nitrogens is 3. The van der Waals surface area contributed by atoms with Crippen molar-refractivity contribution in [1.82, 2.24) is 14.6 Å². The molecule has 132 valence electrons. The Hall–Kier alpha value is -3.92. The molecule has 4 rings (SSSR count). The summed E-state index contributed by atoms with van der Waals surface area (Å²) in [5, 5.41) is 10.7. The highest BCUT2D eigenvalue weighted by Gasteiger charge is 2.19. The number of nitrogens with two attached hydrogens (primary N) is 1. The molecule has 27 heavy (non-hydrogen) atoms. The summed E-state index contributed by atoms with van der Waals surface area (Å²) in [6.07, 6.45) is 1.45. The number of nitrogen functional groups attached to an aromatic ring is 1. The lowest BCUT2D eigenvalue weighted by atomic mass is 9.97. The van der Waals surface area contributed by atoms with Crippen LogP contribution in [-0.4, -0.2) is 21.3 Å². The smallest absolute Gasteiger partial charge is 0.278 e. The Balaban J connectivity index is 2.21. The summed E-state index contributed by atoms with van der Waals surface area (Å²) in [5.41, 5.74) is 2.26. The van der Waals surface area contributed by atoms with Gasteiger partial charge in [-0.05, 0) is 24.6 Å². The van der Waals surface area contributed by atoms with Crippen LogP contribution in [0.1, 0.15) is 12.5 Å². The average molecular weight is 357 g/mol. The van der Waals surface area contributed by atoms with Crippen molar-refractivity contribution >= 4 is 21.9 Å². The standard InChI is InChI=1S/C20H15N5O2/c1-2-27-19-15(11-21)17(12-6-4-3-5-7-12)14-10-13-16(23-18(14)24-19)8-9-25(22)20(13)26/h3-10H,2,22H2,1H3. The Labute approximate surface area is 154 Å². The van der Waals surface area contributed by atoms with Gasteiger partial charge in [-0.3, -0.25) is 4.79 Å². The van der Waals surface area contributed by atoms with Crippen LogP contribution in [0.15, 0.2) is 53.5 Å². The van der Waals surface area contributed by atoms with Crippen LogP contribution < -0.4 is 16.1 Å². The maximum atomic E-state index is 12.4. The predicted molar refractivity (Wildman–Crippen MR) is 103 cm³/mol. The number of ether oxygens (including phenoxy) is 1. The van der Waals surface area contributed by atoms with Gasteiger partial charge in [0.1, 0.15) is 11.6 Å². The number of nitriles is 1. The van der Waals surface area contributed by atoms with E-state index in [1.54, 1.807) is 12.1 Å². The first kappa shape index (κ1) is 16.5. The van der Waals surface area contributed by atoms with E-state index in [1.807, 2.05) is 37.3 Å². The molecule has 1 aromatic carbocycles. The Bertz CT molecular complexity index is 1270. The van der Waals surface area contributed by atoms with Crippen LogP contribution >= 0.6 is 0 Å². The number of benzene rings is 1. The lowest BCUT2D eigenvalue weighted by molar-refractivity contribution is 0.327. The molecule has 7 nitrogen and oxygen atoms in total. The molecule has 0 saturated heterocycles. The van der Waals surface area contributed by atoms with Gasteiger partial charge >= 0.3 is 0 Å². The molecule has 0 aliphatic heterocycles. The highest BCUT2D eigenvalue weighted by Crippen LogP contribution is 2.36. The first-order valence-electron chi connectivity index (χ1n) is 8.37. The van der Waals surface area contributed by atoms with Crippen molar-refractivity contribution in [3.63, 3.8) is 0 Å². The third-order valence-electron chi connectivity index (χ3n) is 4.29. The predicted octanol–water partition coefficient (Wildman–Crippen LogP) is 2.60. The molecule has 0 saturated carbocycles. The highest BCUT2D eigenvalue weighted by molar-refractivity contribution is 6.02. The molecular formula is C20H15N5O2. The SMILES string of the molecule is CCOc1nc2nc3ccn(N)c(=O)c3cc2c(-c2ccccc2)c1C#N. The highest BCUT2D eigenvalue weighted by atomic mass is 16.5. The van der Waals surface area contributed by atoms with Crippen LogP contribution in [-0.2, 0) is 0 Å². The van der Waals surface area contributed by atoms with Crippen LogP contribution in [0.2, 0.25) is 0 Å². The van der Waals surface area contributed by atoms with E-state index in [0.29, 0.717) is 39.7 Å². The van der Waals surface area contributed by atoms with Crippen molar-refractivity contribution in [2.24, 2.45) is 0 Å². The van der Waals surface area contributed by atoms with Crippen LogP contribution in [0.4, 0.5) is 0 Å². The van der Waals surface area contributed by atoms with Crippen molar-refractivity contribution in [3.05, 3.63) is 64.6 Å². The van der Waals surface area contributed by atoms with Crippen molar-refractivity contribution in [2.45, 2.75) is 6.92 Å². The van der Waals surface area contributed by atoms with Gasteiger partial charge in [-0.15, -0.1) is 0 Å². The van der Waals surface area contributed by atoms with Crippen LogP contribution in [0, 0.1) is 11.3 Å². The van der Waals surface area contributed by atoms with Crippen molar-refractivity contribution < 1.29 is 4.74 Å². The van der Waals surface area contributed by atoms with E-state index < -0.39 is 0 Å². The molecule has 4 aromatic rings. The average Bonchev–Trinajstić information content (AvgIpc) is 2.70. The molecule has 2 N–H and O–H groups in total. The van der Waals surface area contributed by atoms with Gasteiger partial charge in [0, 0.05) is 17.1 Å². The van der Waals surface area contributed by atoms with Gasteiger partial charge in [-0.1, -0.05) is 30.3 Å². The lowest BCUT2D eigenvalue weighted by Gasteiger charge is -2.13. The molecule has 0 bridgehead atoms. The summed E-state index contributed by atoms with van der Waals surface area (Å²) in [6, 6.07) is 15.0. The summed E-state index contributed by atoms with van der Waals surface area (Å²) in [5.74, 6) is 5.91. The maximum absolute atomic E-state index is 12.4. The van der Waals surface area contributed by atoms with E-state index in [2.05, 4.69) is 16.0 Å². The number of nitrogens with zero attached hydrogens (tertiary/aromatic N) is 4. The fourth-order valence-corrected chi connectivity index (χ4v) is 3.09. The molecule has 0 unspecified atom stereocenters. The van der Waals surface area contributed by atoms with E-state index in [1.165, 1.54) is 6.20 Å². The first-order valence-corrected chi connectivity index (χ1v) is 8.37. The second-order valence-corrected chi connectivity index (χ2v) is 5.90. The summed E-state index contributed by atoms with van der Waals surface area (Å²) in [6.45, 7) is 2.19. The van der Waals surface area contributed by atoms with Crippen molar-refractivity contribution in [2.75, 3.05) is 12.4 Å². The zero-order chi connectivity index (χ0) is 19.0. The number of rotatable bonds is 3. The molecule has 0 atom stereocenters. The summed E-state index contributed by atoms with van der Waals surface area (Å²) in [4.78, 5) is 21.4. The van der Waals surface area contributed by atoms with E-state index in [4.69, 9.17) is 10.6 Å². The van der Waals surface area contributed by atoms with Crippen LogP contribution in [0.3, 0.4) is 0 Å². The maximum Gasteiger partial charge on any atom is 0.278 e. The van der Waals surface area contributed by atoms with E-state index in [0.717, 1.165) is 10.2 Å². The minimum Gasteiger partial charge on any atom is -0.477 e. The van der Waals surface area contributed by atoms with Crippen molar-refractivity contribution in [1.29, 1.82) is 5.26 Å². The number of pyridine rings is 3. The zero-order valence-electron chi connectivity index (χ0n) is 14.5. The number of fused-ring (bicyclic) bond motifs is 2. The summed E-state index contributed by atoms with van der Waals surface area (Å²) >= 11 is 0. The van der Waals surface area contributed by atoms with E-state index in [-0.39, 0.29) is 11.4 Å². The first-order chi connectivity index (χ1) is 13.1. The van der Waals surface area contributed by atoms with E-state index >= 15 is 0 Å². The van der Waals surface area contributed by atoms with Gasteiger partial charge in [0.2, 0.25) is 5.88 Å². The number of hydrogen-bond donors (Lipinski definition) is 1. The van der Waals surface area contributed by atoms with Gasteiger partial charge in [0.15, 0.2) is 5.65 Å². The van der Waals surface area contributed by atoms with Crippen molar-refractivity contribution in [3.8, 4) is 23.1 Å². The Morgan fingerprint density at radius 2 is 1.96 bits per heavy atom. The molecule has 3 heterocycles. The fraction of sp³-hybridized carbons (Fsp3) is 0.100. The molecule has 0 aliphatic rings. The molecule has 7 heteroatoms. The Morgan fingerprint density at radius 3 is 2.67 bits per heavy atom. The molecule has 0 spiro atoms. The summed E-state index contributed by atoms with van der Waals surface area (Å²) < 4.78 is 6.60. The van der Waals surface area contributed by atoms with Crippen LogP contribution in [0.25, 0.3) is 33.1 Å². The largest absolute Gasteiger partial charge is 0.477 e. The molecule has 3 aromatic heterocycles. The molecular weight excluding hydrogens is 342 g/mol. The van der Waals surface area contributed by atoms with E-state index in [9.17, 15) is 10.1 Å². The quantitative estimate of drug-likeness (QED) is 0.446. The summed E-state index contributed by atoms with van der Waals surface area (Å²) in [7, 11) is 0. The topological polar surface area (TPSA) is 107 Å². The molecule has 0 aliphatic carbocycles. The Morgan fingerprint density at radius 1 is 1.19 bits per heavy atom. The lowest BCUT2D eigenvalue weighted by Crippen LogP contribution is -2.26. The van der Waals surface area contributed by atoms with Gasteiger partial charge in [-0.25, -0.2) is 9.66 Å². The zero-order valence-corrected chi connectivity index (χ0v) is 14.5.